The summed E-state index contributed by atoms with van der Waals surface area (Å²) in [6.45, 7) is 5.51. The summed E-state index contributed by atoms with van der Waals surface area (Å²) in [5.74, 6) is -0.792. The van der Waals surface area contributed by atoms with Crippen LogP contribution in [0.5, 0.6) is 0 Å². The third-order valence-corrected chi connectivity index (χ3v) is 12.6. The summed E-state index contributed by atoms with van der Waals surface area (Å²) in [5, 5.41) is 0. The maximum atomic E-state index is 12.6. The molecular formula is C52H99O8P. The van der Waals surface area contributed by atoms with Crippen LogP contribution in [0.2, 0.25) is 0 Å². The van der Waals surface area contributed by atoms with E-state index >= 15 is 0 Å². The summed E-state index contributed by atoms with van der Waals surface area (Å²) in [6, 6.07) is 0. The Morgan fingerprint density at radius 2 is 0.787 bits per heavy atom. The average Bonchev–Trinajstić information content (AvgIpc) is 3.24. The van der Waals surface area contributed by atoms with Gasteiger partial charge in [-0.15, -0.1) is 0 Å². The number of rotatable bonds is 49. The molecule has 0 rings (SSSR count). The second-order valence-electron chi connectivity index (χ2n) is 17.5. The molecule has 0 aliphatic carbocycles. The van der Waals surface area contributed by atoms with Gasteiger partial charge in [-0.2, -0.15) is 0 Å². The molecule has 0 saturated heterocycles. The zero-order chi connectivity index (χ0) is 44.6. The molecule has 61 heavy (non-hydrogen) atoms. The van der Waals surface area contributed by atoms with E-state index in [1.807, 2.05) is 0 Å². The summed E-state index contributed by atoms with van der Waals surface area (Å²) < 4.78 is 32.8. The van der Waals surface area contributed by atoms with Gasteiger partial charge in [-0.1, -0.05) is 231 Å². The van der Waals surface area contributed by atoms with E-state index in [0.29, 0.717) is 12.8 Å². The van der Waals surface area contributed by atoms with Crippen molar-refractivity contribution in [1.29, 1.82) is 0 Å². The van der Waals surface area contributed by atoms with E-state index in [0.717, 1.165) is 51.4 Å². The highest BCUT2D eigenvalue weighted by molar-refractivity contribution is 7.47. The van der Waals surface area contributed by atoms with Crippen LogP contribution in [-0.4, -0.2) is 42.8 Å². The van der Waals surface area contributed by atoms with Gasteiger partial charge in [0, 0.05) is 12.8 Å². The van der Waals surface area contributed by atoms with Crippen molar-refractivity contribution in [3.05, 3.63) is 24.3 Å². The van der Waals surface area contributed by atoms with Crippen molar-refractivity contribution in [3.8, 4) is 0 Å². The van der Waals surface area contributed by atoms with E-state index < -0.39 is 26.5 Å². The van der Waals surface area contributed by atoms with Crippen LogP contribution in [0, 0.1) is 0 Å². The molecule has 0 aliphatic rings. The van der Waals surface area contributed by atoms with E-state index in [-0.39, 0.29) is 25.6 Å². The van der Waals surface area contributed by atoms with Gasteiger partial charge in [-0.05, 0) is 51.9 Å². The monoisotopic (exact) mass is 883 g/mol. The molecule has 0 spiro atoms. The van der Waals surface area contributed by atoms with Crippen LogP contribution in [0.1, 0.15) is 271 Å². The van der Waals surface area contributed by atoms with Gasteiger partial charge in [0.2, 0.25) is 0 Å². The molecule has 0 aromatic heterocycles. The van der Waals surface area contributed by atoms with Crippen molar-refractivity contribution in [2.45, 2.75) is 277 Å². The fourth-order valence-corrected chi connectivity index (χ4v) is 8.42. The Hall–Kier alpha value is -1.47. The van der Waals surface area contributed by atoms with Crippen LogP contribution in [0.3, 0.4) is 0 Å². The van der Waals surface area contributed by atoms with Gasteiger partial charge < -0.3 is 14.4 Å². The predicted octanol–water partition coefficient (Wildman–Crippen LogP) is 17.0. The molecule has 0 radical (unpaired) electrons. The van der Waals surface area contributed by atoms with Gasteiger partial charge in [0.25, 0.3) is 0 Å². The Labute approximate surface area is 377 Å². The van der Waals surface area contributed by atoms with Crippen molar-refractivity contribution >= 4 is 19.8 Å². The standard InChI is InChI=1S/C52H99O8P/c1-4-7-9-11-13-15-17-19-21-23-25-26-27-28-29-31-32-34-36-38-40-42-44-46-51(53)57-48-50(49-59-61(55,56)58-6-3)60-52(54)47-45-43-41-39-37-35-33-30-24-22-20-18-16-14-12-10-8-5-2/h16,18,22,24,50H,4-15,17,19-21,23,25-49H2,1-3H3,(H,55,56)/b18-16-,24-22-. The number of esters is 2. The van der Waals surface area contributed by atoms with E-state index in [2.05, 4.69) is 38.2 Å². The fourth-order valence-electron chi connectivity index (χ4n) is 7.66. The summed E-state index contributed by atoms with van der Waals surface area (Å²) in [5.41, 5.74) is 0. The van der Waals surface area contributed by atoms with Crippen LogP contribution in [0.25, 0.3) is 0 Å². The van der Waals surface area contributed by atoms with Crippen molar-refractivity contribution in [2.24, 2.45) is 0 Å². The van der Waals surface area contributed by atoms with Crippen LogP contribution in [0.15, 0.2) is 24.3 Å². The first-order valence-corrected chi connectivity index (χ1v) is 27.6. The number of unbranched alkanes of at least 4 members (excludes halogenated alkanes) is 33. The molecule has 0 aliphatic heterocycles. The van der Waals surface area contributed by atoms with Crippen LogP contribution >= 0.6 is 7.82 Å². The lowest BCUT2D eigenvalue weighted by Gasteiger charge is -2.19. The van der Waals surface area contributed by atoms with Crippen molar-refractivity contribution < 1.29 is 37.6 Å². The molecule has 360 valence electrons. The highest BCUT2D eigenvalue weighted by atomic mass is 31.2. The summed E-state index contributed by atoms with van der Waals surface area (Å²) >= 11 is 0. The lowest BCUT2D eigenvalue weighted by Crippen LogP contribution is -2.29. The molecule has 2 unspecified atom stereocenters. The Morgan fingerprint density at radius 1 is 0.443 bits per heavy atom. The number of phosphoric acid groups is 1. The highest BCUT2D eigenvalue weighted by Gasteiger charge is 2.25. The number of hydrogen-bond acceptors (Lipinski definition) is 7. The molecule has 0 fully saturated rings. The van der Waals surface area contributed by atoms with Gasteiger partial charge in [0.1, 0.15) is 6.61 Å². The topological polar surface area (TPSA) is 108 Å². The minimum absolute atomic E-state index is 0.000995. The molecule has 0 amide bonds. The van der Waals surface area contributed by atoms with Gasteiger partial charge in [0.05, 0.1) is 13.2 Å². The summed E-state index contributed by atoms with van der Waals surface area (Å²) in [4.78, 5) is 34.9. The lowest BCUT2D eigenvalue weighted by atomic mass is 10.0. The Kier molecular flexibility index (Phi) is 46.8. The number of carbonyl (C=O) groups excluding carboxylic acids is 2. The quantitative estimate of drug-likeness (QED) is 0.0279. The molecule has 2 atom stereocenters. The van der Waals surface area contributed by atoms with Crippen LogP contribution in [0.4, 0.5) is 0 Å². The van der Waals surface area contributed by atoms with Gasteiger partial charge in [0.15, 0.2) is 6.10 Å². The van der Waals surface area contributed by atoms with Gasteiger partial charge in [-0.25, -0.2) is 4.57 Å². The first-order valence-electron chi connectivity index (χ1n) is 26.1. The second kappa shape index (κ2) is 48.0. The maximum Gasteiger partial charge on any atom is 0.472 e. The molecule has 1 N–H and O–H groups in total. The normalized spacial score (nSPS) is 13.3. The first kappa shape index (κ1) is 59.5. The minimum atomic E-state index is -4.29. The van der Waals surface area contributed by atoms with Gasteiger partial charge in [-0.3, -0.25) is 18.6 Å². The fraction of sp³-hybridized carbons (Fsp3) is 0.885. The largest absolute Gasteiger partial charge is 0.472 e. The molecule has 0 bridgehead atoms. The minimum Gasteiger partial charge on any atom is -0.462 e. The van der Waals surface area contributed by atoms with E-state index in [9.17, 15) is 19.0 Å². The number of carbonyl (C=O) groups is 2. The zero-order valence-corrected chi connectivity index (χ0v) is 41.2. The Morgan fingerprint density at radius 3 is 1.18 bits per heavy atom. The van der Waals surface area contributed by atoms with Crippen molar-refractivity contribution in [2.75, 3.05) is 19.8 Å². The molecule has 8 nitrogen and oxygen atoms in total. The van der Waals surface area contributed by atoms with Crippen LogP contribution < -0.4 is 0 Å². The number of hydrogen-bond donors (Lipinski definition) is 1. The summed E-state index contributed by atoms with van der Waals surface area (Å²) in [7, 11) is -4.29. The molecule has 0 saturated carbocycles. The molecule has 0 heterocycles. The predicted molar refractivity (Wildman–Crippen MR) is 258 cm³/mol. The second-order valence-corrected chi connectivity index (χ2v) is 19.0. The van der Waals surface area contributed by atoms with Crippen molar-refractivity contribution in [3.63, 3.8) is 0 Å². The van der Waals surface area contributed by atoms with E-state index in [1.165, 1.54) is 180 Å². The third-order valence-electron chi connectivity index (χ3n) is 11.5. The third kappa shape index (κ3) is 47.8. The van der Waals surface area contributed by atoms with E-state index in [1.54, 1.807) is 6.92 Å². The van der Waals surface area contributed by atoms with Crippen LogP contribution in [-0.2, 0) is 32.7 Å². The number of phosphoric ester groups is 1. The highest BCUT2D eigenvalue weighted by Crippen LogP contribution is 2.43. The number of allylic oxidation sites excluding steroid dienone is 4. The Balaban J connectivity index is 3.93. The molecular weight excluding hydrogens is 784 g/mol. The van der Waals surface area contributed by atoms with Crippen molar-refractivity contribution in [1.82, 2.24) is 0 Å². The number of ether oxygens (including phenoxy) is 2. The first-order chi connectivity index (χ1) is 29.8. The maximum absolute atomic E-state index is 12.6. The van der Waals surface area contributed by atoms with Gasteiger partial charge >= 0.3 is 19.8 Å². The Bertz CT molecular complexity index is 1050. The lowest BCUT2D eigenvalue weighted by molar-refractivity contribution is -0.161. The average molecular weight is 883 g/mol. The zero-order valence-electron chi connectivity index (χ0n) is 40.3. The SMILES string of the molecule is CCCCCC/C=C\C/C=C\CCCCCCCCCC(=O)OC(COC(=O)CCCCCCCCCCCCCCCCCCCCCCCCC)COP(=O)(O)OCC. The molecule has 9 heteroatoms. The van der Waals surface area contributed by atoms with E-state index in [4.69, 9.17) is 18.5 Å². The summed E-state index contributed by atoms with van der Waals surface area (Å²) in [6.07, 6.45) is 55.3. The smallest absolute Gasteiger partial charge is 0.462 e. The molecule has 0 aromatic rings. The molecule has 0 aromatic carbocycles.